The lowest BCUT2D eigenvalue weighted by Gasteiger charge is -2.48. The number of amides is 1. The maximum Gasteiger partial charge on any atom is 0.269 e. The predicted molar refractivity (Wildman–Crippen MR) is 92.1 cm³/mol. The SMILES string of the molecule is C=CCNC(=O)C1Cc2cc([N+](=O)[O-])ccc2N2CCN(C)CC12. The van der Waals surface area contributed by atoms with Gasteiger partial charge in [0.1, 0.15) is 0 Å². The van der Waals surface area contributed by atoms with Crippen LogP contribution in [0.1, 0.15) is 5.56 Å². The molecule has 1 N–H and O–H groups in total. The first-order chi connectivity index (χ1) is 11.5. The monoisotopic (exact) mass is 330 g/mol. The molecule has 0 saturated carbocycles. The lowest BCUT2D eigenvalue weighted by atomic mass is 9.83. The summed E-state index contributed by atoms with van der Waals surface area (Å²) in [5, 5.41) is 13.9. The van der Waals surface area contributed by atoms with Crippen molar-refractivity contribution in [1.29, 1.82) is 0 Å². The molecule has 2 heterocycles. The minimum atomic E-state index is -0.386. The zero-order valence-electron chi connectivity index (χ0n) is 13.8. The third-order valence-corrected chi connectivity index (χ3v) is 4.87. The molecular weight excluding hydrogens is 308 g/mol. The number of benzene rings is 1. The number of nitrogens with one attached hydrogen (secondary N) is 1. The molecule has 7 heteroatoms. The Morgan fingerprint density at radius 1 is 1.50 bits per heavy atom. The highest BCUT2D eigenvalue weighted by Gasteiger charge is 2.41. The van der Waals surface area contributed by atoms with E-state index in [2.05, 4.69) is 28.7 Å². The van der Waals surface area contributed by atoms with Crippen molar-refractivity contribution in [1.82, 2.24) is 10.2 Å². The van der Waals surface area contributed by atoms with E-state index in [4.69, 9.17) is 0 Å². The molecule has 1 aromatic carbocycles. The van der Waals surface area contributed by atoms with Gasteiger partial charge in [0.15, 0.2) is 0 Å². The van der Waals surface area contributed by atoms with Crippen molar-refractivity contribution in [2.45, 2.75) is 12.5 Å². The van der Waals surface area contributed by atoms with E-state index >= 15 is 0 Å². The van der Waals surface area contributed by atoms with Crippen molar-refractivity contribution in [3.05, 3.63) is 46.5 Å². The number of likely N-dealkylation sites (N-methyl/N-ethyl adjacent to an activating group) is 1. The fraction of sp³-hybridized carbons (Fsp3) is 0.471. The molecule has 3 rings (SSSR count). The first-order valence-electron chi connectivity index (χ1n) is 8.12. The van der Waals surface area contributed by atoms with Gasteiger partial charge in [-0.15, -0.1) is 6.58 Å². The Labute approximate surface area is 141 Å². The molecule has 2 aliphatic heterocycles. The molecule has 7 nitrogen and oxygen atoms in total. The molecule has 0 spiro atoms. The molecule has 0 bridgehead atoms. The third kappa shape index (κ3) is 2.99. The summed E-state index contributed by atoms with van der Waals surface area (Å²) >= 11 is 0. The van der Waals surface area contributed by atoms with E-state index < -0.39 is 0 Å². The van der Waals surface area contributed by atoms with E-state index in [0.29, 0.717) is 13.0 Å². The largest absolute Gasteiger partial charge is 0.365 e. The van der Waals surface area contributed by atoms with Crippen LogP contribution in [-0.2, 0) is 11.2 Å². The molecule has 1 fully saturated rings. The summed E-state index contributed by atoms with van der Waals surface area (Å²) in [4.78, 5) is 27.8. The molecule has 24 heavy (non-hydrogen) atoms. The minimum absolute atomic E-state index is 0.0163. The first kappa shape index (κ1) is 16.4. The van der Waals surface area contributed by atoms with Gasteiger partial charge in [0, 0.05) is 44.0 Å². The van der Waals surface area contributed by atoms with Crippen LogP contribution in [0.25, 0.3) is 0 Å². The number of non-ortho nitro benzene ring substituents is 1. The summed E-state index contributed by atoms with van der Waals surface area (Å²) in [6, 6.07) is 5.07. The second-order valence-corrected chi connectivity index (χ2v) is 6.44. The second kappa shape index (κ2) is 6.60. The van der Waals surface area contributed by atoms with Gasteiger partial charge in [0.2, 0.25) is 5.91 Å². The smallest absolute Gasteiger partial charge is 0.269 e. The van der Waals surface area contributed by atoms with Crippen LogP contribution in [-0.4, -0.2) is 55.0 Å². The van der Waals surface area contributed by atoms with Gasteiger partial charge < -0.3 is 15.1 Å². The van der Waals surface area contributed by atoms with Crippen molar-refractivity contribution in [3.8, 4) is 0 Å². The second-order valence-electron chi connectivity index (χ2n) is 6.44. The van der Waals surface area contributed by atoms with Crippen LogP contribution in [0.3, 0.4) is 0 Å². The Morgan fingerprint density at radius 3 is 3.00 bits per heavy atom. The number of nitro groups is 1. The molecule has 2 unspecified atom stereocenters. The normalized spacial score (nSPS) is 23.1. The highest BCUT2D eigenvalue weighted by atomic mass is 16.6. The van der Waals surface area contributed by atoms with Gasteiger partial charge in [-0.25, -0.2) is 0 Å². The average molecular weight is 330 g/mol. The molecule has 0 aromatic heterocycles. The van der Waals surface area contributed by atoms with Gasteiger partial charge in [-0.1, -0.05) is 6.08 Å². The van der Waals surface area contributed by atoms with E-state index in [1.165, 1.54) is 0 Å². The molecule has 0 radical (unpaired) electrons. The number of hydrogen-bond donors (Lipinski definition) is 1. The molecule has 1 amide bonds. The summed E-state index contributed by atoms with van der Waals surface area (Å²) in [5.41, 5.74) is 1.97. The zero-order valence-corrected chi connectivity index (χ0v) is 13.8. The highest BCUT2D eigenvalue weighted by Crippen LogP contribution is 2.37. The highest BCUT2D eigenvalue weighted by molar-refractivity contribution is 5.82. The number of hydrogen-bond acceptors (Lipinski definition) is 5. The summed E-state index contributed by atoms with van der Waals surface area (Å²) in [6.45, 7) is 6.60. The standard InChI is InChI=1S/C17H22N4O3/c1-3-6-18-17(22)14-10-12-9-13(21(23)24)4-5-15(12)20-8-7-19(2)11-16(14)20/h3-5,9,14,16H,1,6-8,10-11H2,2H3,(H,18,22). The Bertz CT molecular complexity index is 676. The summed E-state index contributed by atoms with van der Waals surface area (Å²) in [7, 11) is 2.06. The molecule has 1 aromatic rings. The quantitative estimate of drug-likeness (QED) is 0.510. The van der Waals surface area contributed by atoms with Gasteiger partial charge in [-0.2, -0.15) is 0 Å². The van der Waals surface area contributed by atoms with Crippen LogP contribution in [0.15, 0.2) is 30.9 Å². The minimum Gasteiger partial charge on any atom is -0.365 e. The summed E-state index contributed by atoms with van der Waals surface area (Å²) < 4.78 is 0. The summed E-state index contributed by atoms with van der Waals surface area (Å²) in [6.07, 6.45) is 2.18. The van der Waals surface area contributed by atoms with Crippen molar-refractivity contribution in [2.24, 2.45) is 5.92 Å². The van der Waals surface area contributed by atoms with Crippen molar-refractivity contribution >= 4 is 17.3 Å². The number of carbonyl (C=O) groups excluding carboxylic acids is 1. The number of fused-ring (bicyclic) bond motifs is 3. The van der Waals surface area contributed by atoms with E-state index in [1.54, 1.807) is 18.2 Å². The van der Waals surface area contributed by atoms with Crippen LogP contribution in [0.2, 0.25) is 0 Å². The van der Waals surface area contributed by atoms with Gasteiger partial charge in [-0.3, -0.25) is 14.9 Å². The Balaban J connectivity index is 1.96. The van der Waals surface area contributed by atoms with Crippen molar-refractivity contribution < 1.29 is 9.72 Å². The van der Waals surface area contributed by atoms with Gasteiger partial charge in [0.05, 0.1) is 16.9 Å². The van der Waals surface area contributed by atoms with Gasteiger partial charge >= 0.3 is 0 Å². The van der Waals surface area contributed by atoms with Crippen LogP contribution < -0.4 is 10.2 Å². The number of carbonyl (C=O) groups is 1. The third-order valence-electron chi connectivity index (χ3n) is 4.87. The van der Waals surface area contributed by atoms with E-state index in [1.807, 2.05) is 6.07 Å². The molecular formula is C17H22N4O3. The zero-order chi connectivity index (χ0) is 17.3. The molecule has 0 aliphatic carbocycles. The lowest BCUT2D eigenvalue weighted by Crippen LogP contribution is -2.60. The Kier molecular flexibility index (Phi) is 4.53. The average Bonchev–Trinajstić information content (AvgIpc) is 2.58. The number of piperazine rings is 1. The fourth-order valence-electron chi connectivity index (χ4n) is 3.67. The summed E-state index contributed by atoms with van der Waals surface area (Å²) in [5.74, 6) is -0.237. The number of rotatable bonds is 4. The molecule has 2 aliphatic rings. The van der Waals surface area contributed by atoms with Gasteiger partial charge in [-0.05, 0) is 25.1 Å². The maximum absolute atomic E-state index is 12.6. The molecule has 1 saturated heterocycles. The van der Waals surface area contributed by atoms with Crippen molar-refractivity contribution in [2.75, 3.05) is 38.1 Å². The van der Waals surface area contributed by atoms with Crippen LogP contribution in [0.4, 0.5) is 11.4 Å². The predicted octanol–water partition coefficient (Wildman–Crippen LogP) is 1.19. The molecule has 128 valence electrons. The number of nitro benzene ring substituents is 1. The lowest BCUT2D eigenvalue weighted by molar-refractivity contribution is -0.384. The van der Waals surface area contributed by atoms with E-state index in [0.717, 1.165) is 30.9 Å². The maximum atomic E-state index is 12.6. The fourth-order valence-corrected chi connectivity index (χ4v) is 3.67. The van der Waals surface area contributed by atoms with Crippen molar-refractivity contribution in [3.63, 3.8) is 0 Å². The Morgan fingerprint density at radius 2 is 2.29 bits per heavy atom. The van der Waals surface area contributed by atoms with Gasteiger partial charge in [0.25, 0.3) is 5.69 Å². The van der Waals surface area contributed by atoms with Crippen LogP contribution in [0.5, 0.6) is 0 Å². The Hall–Kier alpha value is -2.41. The van der Waals surface area contributed by atoms with E-state index in [9.17, 15) is 14.9 Å². The van der Waals surface area contributed by atoms with Crippen LogP contribution in [0, 0.1) is 16.0 Å². The number of anilines is 1. The first-order valence-corrected chi connectivity index (χ1v) is 8.12. The molecule has 2 atom stereocenters. The van der Waals surface area contributed by atoms with Crippen LogP contribution >= 0.6 is 0 Å². The topological polar surface area (TPSA) is 78.7 Å². The number of nitrogens with zero attached hydrogens (tertiary/aromatic N) is 3. The van der Waals surface area contributed by atoms with E-state index in [-0.39, 0.29) is 28.5 Å².